The number of aromatic carboxylic acids is 1. The van der Waals surface area contributed by atoms with E-state index in [4.69, 9.17) is 5.11 Å². The number of hydrogen-bond acceptors (Lipinski definition) is 4. The number of carbonyl (C=O) groups is 1. The lowest BCUT2D eigenvalue weighted by atomic mass is 10.2. The molecule has 1 heterocycles. The molecule has 0 atom stereocenters. The summed E-state index contributed by atoms with van der Waals surface area (Å²) in [6.07, 6.45) is 1.32. The van der Waals surface area contributed by atoms with Crippen molar-refractivity contribution in [1.82, 2.24) is 4.98 Å². The van der Waals surface area contributed by atoms with Gasteiger partial charge in [-0.2, -0.15) is 0 Å². The van der Waals surface area contributed by atoms with Crippen molar-refractivity contribution in [3.05, 3.63) is 65.9 Å². The highest BCUT2D eigenvalue weighted by Gasteiger charge is 2.22. The van der Waals surface area contributed by atoms with Crippen molar-refractivity contribution in [2.24, 2.45) is 0 Å². The number of nitrogens with one attached hydrogen (secondary N) is 1. The van der Waals surface area contributed by atoms with Gasteiger partial charge in [0.05, 0.1) is 16.1 Å². The number of nitrogens with zero attached hydrogens (tertiary/aromatic N) is 1. The topological polar surface area (TPSA) is 96.4 Å². The average Bonchev–Trinajstić information content (AvgIpc) is 2.56. The fraction of sp³-hybridized carbons (Fsp3) is 0. The molecule has 3 rings (SSSR count). The van der Waals surface area contributed by atoms with E-state index in [1.807, 2.05) is 0 Å². The minimum absolute atomic E-state index is 0.0361. The summed E-state index contributed by atoms with van der Waals surface area (Å²) >= 11 is 0. The van der Waals surface area contributed by atoms with E-state index in [9.17, 15) is 22.0 Å². The molecule has 128 valence electrons. The maximum atomic E-state index is 13.8. The predicted octanol–water partition coefficient (Wildman–Crippen LogP) is 3.01. The normalized spacial score (nSPS) is 11.4. The Balaban J connectivity index is 2.14. The Labute approximate surface area is 140 Å². The van der Waals surface area contributed by atoms with Gasteiger partial charge in [0.1, 0.15) is 17.2 Å². The van der Waals surface area contributed by atoms with Crippen molar-refractivity contribution in [3.8, 4) is 0 Å². The molecule has 3 aromatic rings. The van der Waals surface area contributed by atoms with E-state index in [-0.39, 0.29) is 21.5 Å². The van der Waals surface area contributed by atoms with Crippen molar-refractivity contribution >= 4 is 32.6 Å². The Bertz CT molecular complexity index is 1100. The summed E-state index contributed by atoms with van der Waals surface area (Å²) in [7, 11) is -4.27. The third-order valence-corrected chi connectivity index (χ3v) is 4.85. The molecule has 0 bridgehead atoms. The van der Waals surface area contributed by atoms with Crippen LogP contribution in [0.2, 0.25) is 0 Å². The van der Waals surface area contributed by atoms with Crippen LogP contribution in [0.5, 0.6) is 0 Å². The molecule has 9 heteroatoms. The fourth-order valence-corrected chi connectivity index (χ4v) is 3.61. The summed E-state index contributed by atoms with van der Waals surface area (Å²) in [6, 6.07) is 7.45. The van der Waals surface area contributed by atoms with Gasteiger partial charge in [-0.1, -0.05) is 0 Å². The van der Waals surface area contributed by atoms with Crippen molar-refractivity contribution in [1.29, 1.82) is 0 Å². The summed E-state index contributed by atoms with van der Waals surface area (Å²) in [6.45, 7) is 0. The zero-order valence-electron chi connectivity index (χ0n) is 12.4. The van der Waals surface area contributed by atoms with Gasteiger partial charge in [-0.25, -0.2) is 22.0 Å². The second kappa shape index (κ2) is 6.10. The van der Waals surface area contributed by atoms with E-state index in [1.165, 1.54) is 18.3 Å². The molecule has 6 nitrogen and oxygen atoms in total. The minimum Gasteiger partial charge on any atom is -0.478 e. The number of aromatic nitrogens is 1. The Morgan fingerprint density at radius 1 is 1.12 bits per heavy atom. The van der Waals surface area contributed by atoms with Gasteiger partial charge in [0.2, 0.25) is 0 Å². The van der Waals surface area contributed by atoms with Crippen LogP contribution in [0.3, 0.4) is 0 Å². The standard InChI is InChI=1S/C16H10F2N2O4S/c17-9-3-5-13(11(8-9)16(21)22)20-25(23,24)14-6-4-12(18)15-10(14)2-1-7-19-15/h1-8,20H,(H,21,22). The quantitative estimate of drug-likeness (QED) is 0.742. The molecule has 0 aliphatic heterocycles. The van der Waals surface area contributed by atoms with Gasteiger partial charge < -0.3 is 5.11 Å². The van der Waals surface area contributed by atoms with Crippen LogP contribution in [0, 0.1) is 11.6 Å². The van der Waals surface area contributed by atoms with Crippen molar-refractivity contribution in [2.45, 2.75) is 4.90 Å². The number of halogens is 2. The van der Waals surface area contributed by atoms with Gasteiger partial charge >= 0.3 is 5.97 Å². The van der Waals surface area contributed by atoms with E-state index in [2.05, 4.69) is 9.71 Å². The van der Waals surface area contributed by atoms with Crippen LogP contribution >= 0.6 is 0 Å². The molecule has 25 heavy (non-hydrogen) atoms. The monoisotopic (exact) mass is 364 g/mol. The van der Waals surface area contributed by atoms with Crippen molar-refractivity contribution in [3.63, 3.8) is 0 Å². The van der Waals surface area contributed by atoms with Gasteiger partial charge in [-0.15, -0.1) is 0 Å². The van der Waals surface area contributed by atoms with Crippen LogP contribution in [0.25, 0.3) is 10.9 Å². The van der Waals surface area contributed by atoms with E-state index in [0.29, 0.717) is 6.07 Å². The minimum atomic E-state index is -4.27. The number of sulfonamides is 1. The predicted molar refractivity (Wildman–Crippen MR) is 85.9 cm³/mol. The SMILES string of the molecule is O=C(O)c1cc(F)ccc1NS(=O)(=O)c1ccc(F)c2ncccc12. The number of hydrogen-bond donors (Lipinski definition) is 2. The highest BCUT2D eigenvalue weighted by molar-refractivity contribution is 7.93. The largest absolute Gasteiger partial charge is 0.478 e. The highest BCUT2D eigenvalue weighted by Crippen LogP contribution is 2.27. The van der Waals surface area contributed by atoms with Crippen molar-refractivity contribution in [2.75, 3.05) is 4.72 Å². The van der Waals surface area contributed by atoms with Crippen LogP contribution < -0.4 is 4.72 Å². The van der Waals surface area contributed by atoms with Crippen LogP contribution in [0.15, 0.2) is 53.6 Å². The van der Waals surface area contributed by atoms with Gasteiger partial charge in [-0.3, -0.25) is 9.71 Å². The first kappa shape index (κ1) is 16.8. The second-order valence-corrected chi connectivity index (χ2v) is 6.70. The first-order valence-electron chi connectivity index (χ1n) is 6.88. The first-order chi connectivity index (χ1) is 11.8. The third kappa shape index (κ3) is 3.13. The lowest BCUT2D eigenvalue weighted by molar-refractivity contribution is 0.0697. The van der Waals surface area contributed by atoms with Crippen LogP contribution in [-0.2, 0) is 10.0 Å². The molecule has 0 saturated heterocycles. The van der Waals surface area contributed by atoms with E-state index < -0.39 is 33.2 Å². The number of carboxylic acid groups (broad SMARTS) is 1. The van der Waals surface area contributed by atoms with E-state index >= 15 is 0 Å². The molecule has 0 aliphatic carbocycles. The lowest BCUT2D eigenvalue weighted by Gasteiger charge is -2.12. The summed E-state index contributed by atoms with van der Waals surface area (Å²) < 4.78 is 54.4. The summed E-state index contributed by atoms with van der Waals surface area (Å²) in [5.74, 6) is -3.01. The first-order valence-corrected chi connectivity index (χ1v) is 8.37. The zero-order valence-corrected chi connectivity index (χ0v) is 13.2. The average molecular weight is 364 g/mol. The summed E-state index contributed by atoms with van der Waals surface area (Å²) in [5, 5.41) is 9.14. The number of benzene rings is 2. The maximum Gasteiger partial charge on any atom is 0.337 e. The number of rotatable bonds is 4. The van der Waals surface area contributed by atoms with Gasteiger partial charge in [0.15, 0.2) is 0 Å². The van der Waals surface area contributed by atoms with Crippen LogP contribution in [-0.4, -0.2) is 24.5 Å². The Morgan fingerprint density at radius 2 is 1.88 bits per heavy atom. The van der Waals surface area contributed by atoms with Gasteiger partial charge in [-0.05, 0) is 42.5 Å². The fourth-order valence-electron chi connectivity index (χ4n) is 2.33. The maximum absolute atomic E-state index is 13.8. The molecule has 0 fully saturated rings. The Kier molecular flexibility index (Phi) is 4.09. The Hall–Kier alpha value is -3.07. The van der Waals surface area contributed by atoms with Crippen LogP contribution in [0.4, 0.5) is 14.5 Å². The Morgan fingerprint density at radius 3 is 2.60 bits per heavy atom. The summed E-state index contributed by atoms with van der Waals surface area (Å²) in [4.78, 5) is 14.7. The molecule has 2 N–H and O–H groups in total. The molecule has 0 unspecified atom stereocenters. The molecule has 1 aromatic heterocycles. The molecular formula is C16H10F2N2O4S. The molecule has 0 amide bonds. The number of anilines is 1. The van der Waals surface area contributed by atoms with Gasteiger partial charge in [0.25, 0.3) is 10.0 Å². The molecule has 0 radical (unpaired) electrons. The zero-order chi connectivity index (χ0) is 18.2. The molecule has 0 aliphatic rings. The van der Waals surface area contributed by atoms with Crippen LogP contribution in [0.1, 0.15) is 10.4 Å². The number of pyridine rings is 1. The highest BCUT2D eigenvalue weighted by atomic mass is 32.2. The molecule has 0 spiro atoms. The number of carboxylic acids is 1. The van der Waals surface area contributed by atoms with E-state index in [1.54, 1.807) is 0 Å². The molecular weight excluding hydrogens is 354 g/mol. The molecule has 2 aromatic carbocycles. The van der Waals surface area contributed by atoms with Gasteiger partial charge in [0, 0.05) is 11.6 Å². The smallest absolute Gasteiger partial charge is 0.337 e. The molecule has 0 saturated carbocycles. The second-order valence-electron chi connectivity index (χ2n) is 5.05. The third-order valence-electron chi connectivity index (χ3n) is 3.43. The van der Waals surface area contributed by atoms with Crippen molar-refractivity contribution < 1.29 is 27.1 Å². The summed E-state index contributed by atoms with van der Waals surface area (Å²) in [5.41, 5.74) is -0.994. The number of fused-ring (bicyclic) bond motifs is 1. The lowest BCUT2D eigenvalue weighted by Crippen LogP contribution is -2.16. The van der Waals surface area contributed by atoms with E-state index in [0.717, 1.165) is 24.3 Å².